The molecule has 1 aromatic carbocycles. The van der Waals surface area contributed by atoms with Crippen LogP contribution in [0.4, 0.5) is 11.6 Å². The fourth-order valence-corrected chi connectivity index (χ4v) is 3.73. The maximum atomic E-state index is 12.5. The Morgan fingerprint density at radius 1 is 1.00 bits per heavy atom. The molecule has 0 bridgehead atoms. The fraction of sp³-hybridized carbons (Fsp3) is 0.476. The number of rotatable bonds is 5. The summed E-state index contributed by atoms with van der Waals surface area (Å²) in [6, 6.07) is 10.0. The minimum absolute atomic E-state index is 0.0773. The standard InChI is InChI=1S/C21H27N5O2/c27-20(22-14-17-4-2-1-3-5-17)18-6-8-25(9-7-18)19-15-23-21(24-16-19)26-10-12-28-13-11-26/h1-5,15-16,18H,6-14H2,(H,22,27). The highest BCUT2D eigenvalue weighted by Gasteiger charge is 2.25. The van der Waals surface area contributed by atoms with E-state index in [1.807, 2.05) is 42.7 Å². The Hall–Kier alpha value is -2.67. The lowest BCUT2D eigenvalue weighted by molar-refractivity contribution is -0.125. The summed E-state index contributed by atoms with van der Waals surface area (Å²) in [7, 11) is 0. The van der Waals surface area contributed by atoms with Gasteiger partial charge in [0.2, 0.25) is 11.9 Å². The summed E-state index contributed by atoms with van der Waals surface area (Å²) in [5.74, 6) is 0.998. The van der Waals surface area contributed by atoms with Crippen LogP contribution in [0, 0.1) is 5.92 Å². The molecule has 0 aliphatic carbocycles. The lowest BCUT2D eigenvalue weighted by atomic mass is 9.95. The Morgan fingerprint density at radius 3 is 2.36 bits per heavy atom. The molecule has 3 heterocycles. The van der Waals surface area contributed by atoms with Gasteiger partial charge in [-0.3, -0.25) is 4.79 Å². The van der Waals surface area contributed by atoms with E-state index in [2.05, 4.69) is 25.1 Å². The molecule has 0 saturated carbocycles. The van der Waals surface area contributed by atoms with Crippen molar-refractivity contribution < 1.29 is 9.53 Å². The highest BCUT2D eigenvalue weighted by atomic mass is 16.5. The summed E-state index contributed by atoms with van der Waals surface area (Å²) in [4.78, 5) is 25.9. The van der Waals surface area contributed by atoms with Gasteiger partial charge in [0.05, 0.1) is 31.3 Å². The highest BCUT2D eigenvalue weighted by Crippen LogP contribution is 2.23. The number of hydrogen-bond acceptors (Lipinski definition) is 6. The predicted octanol–water partition coefficient (Wildman–Crippen LogP) is 1.85. The first-order valence-electron chi connectivity index (χ1n) is 10.0. The van der Waals surface area contributed by atoms with E-state index in [1.54, 1.807) is 0 Å². The van der Waals surface area contributed by atoms with E-state index in [-0.39, 0.29) is 11.8 Å². The van der Waals surface area contributed by atoms with E-state index in [1.165, 1.54) is 0 Å². The monoisotopic (exact) mass is 381 g/mol. The Balaban J connectivity index is 1.26. The van der Waals surface area contributed by atoms with Gasteiger partial charge in [-0.15, -0.1) is 0 Å². The molecule has 148 valence electrons. The van der Waals surface area contributed by atoms with Crippen LogP contribution in [0.2, 0.25) is 0 Å². The molecule has 4 rings (SSSR count). The van der Waals surface area contributed by atoms with Gasteiger partial charge in [-0.05, 0) is 18.4 Å². The van der Waals surface area contributed by atoms with Crippen LogP contribution < -0.4 is 15.1 Å². The molecule has 1 amide bonds. The van der Waals surface area contributed by atoms with Crippen LogP contribution in [0.5, 0.6) is 0 Å². The van der Waals surface area contributed by atoms with Gasteiger partial charge < -0.3 is 19.9 Å². The molecule has 2 saturated heterocycles. The second-order valence-corrected chi connectivity index (χ2v) is 7.31. The van der Waals surface area contributed by atoms with Crippen molar-refractivity contribution in [1.82, 2.24) is 15.3 Å². The average Bonchev–Trinajstić information content (AvgIpc) is 2.79. The van der Waals surface area contributed by atoms with Crippen molar-refractivity contribution in [3.63, 3.8) is 0 Å². The number of piperidine rings is 1. The summed E-state index contributed by atoms with van der Waals surface area (Å²) in [6.45, 7) is 5.42. The van der Waals surface area contributed by atoms with Crippen molar-refractivity contribution in [2.24, 2.45) is 5.92 Å². The first-order chi connectivity index (χ1) is 13.8. The van der Waals surface area contributed by atoms with E-state index in [9.17, 15) is 4.79 Å². The van der Waals surface area contributed by atoms with Gasteiger partial charge in [-0.2, -0.15) is 0 Å². The van der Waals surface area contributed by atoms with Crippen LogP contribution in [0.25, 0.3) is 0 Å². The molecule has 2 aromatic rings. The van der Waals surface area contributed by atoms with Crippen molar-refractivity contribution >= 4 is 17.5 Å². The predicted molar refractivity (Wildman–Crippen MR) is 108 cm³/mol. The first-order valence-corrected chi connectivity index (χ1v) is 10.0. The largest absolute Gasteiger partial charge is 0.378 e. The Labute approximate surface area is 165 Å². The third-order valence-corrected chi connectivity index (χ3v) is 5.46. The number of amides is 1. The van der Waals surface area contributed by atoms with Crippen molar-refractivity contribution in [1.29, 1.82) is 0 Å². The molecule has 2 fully saturated rings. The maximum absolute atomic E-state index is 12.5. The number of carbonyl (C=O) groups is 1. The third-order valence-electron chi connectivity index (χ3n) is 5.46. The molecule has 1 aromatic heterocycles. The minimum atomic E-state index is 0.0773. The molecule has 2 aliphatic heterocycles. The number of aromatic nitrogens is 2. The fourth-order valence-electron chi connectivity index (χ4n) is 3.73. The number of nitrogens with one attached hydrogen (secondary N) is 1. The molecule has 28 heavy (non-hydrogen) atoms. The summed E-state index contributed by atoms with van der Waals surface area (Å²) in [5, 5.41) is 3.07. The van der Waals surface area contributed by atoms with Gasteiger partial charge in [-0.25, -0.2) is 9.97 Å². The van der Waals surface area contributed by atoms with Crippen LogP contribution >= 0.6 is 0 Å². The number of ether oxygens (including phenoxy) is 1. The zero-order valence-electron chi connectivity index (χ0n) is 16.1. The molecule has 0 atom stereocenters. The quantitative estimate of drug-likeness (QED) is 0.852. The smallest absolute Gasteiger partial charge is 0.225 e. The topological polar surface area (TPSA) is 70.6 Å². The van der Waals surface area contributed by atoms with Crippen molar-refractivity contribution in [2.45, 2.75) is 19.4 Å². The van der Waals surface area contributed by atoms with E-state index >= 15 is 0 Å². The zero-order valence-corrected chi connectivity index (χ0v) is 16.1. The second kappa shape index (κ2) is 9.01. The Morgan fingerprint density at radius 2 is 1.68 bits per heavy atom. The summed E-state index contributed by atoms with van der Waals surface area (Å²) < 4.78 is 5.37. The van der Waals surface area contributed by atoms with Crippen molar-refractivity contribution in [3.05, 3.63) is 48.3 Å². The van der Waals surface area contributed by atoms with Gasteiger partial charge in [0.1, 0.15) is 0 Å². The van der Waals surface area contributed by atoms with E-state index < -0.39 is 0 Å². The molecule has 7 heteroatoms. The zero-order chi connectivity index (χ0) is 19.2. The lowest BCUT2D eigenvalue weighted by Crippen LogP contribution is -2.40. The van der Waals surface area contributed by atoms with E-state index in [4.69, 9.17) is 4.74 Å². The molecule has 0 spiro atoms. The van der Waals surface area contributed by atoms with Crippen molar-refractivity contribution in [2.75, 3.05) is 49.2 Å². The van der Waals surface area contributed by atoms with E-state index in [0.717, 1.165) is 69.4 Å². The number of hydrogen-bond donors (Lipinski definition) is 1. The summed E-state index contributed by atoms with van der Waals surface area (Å²) >= 11 is 0. The van der Waals surface area contributed by atoms with Gasteiger partial charge in [0.25, 0.3) is 0 Å². The van der Waals surface area contributed by atoms with Gasteiger partial charge in [0, 0.05) is 38.6 Å². The molecular formula is C21H27N5O2. The number of anilines is 2. The van der Waals surface area contributed by atoms with Crippen LogP contribution in [0.15, 0.2) is 42.7 Å². The number of morpholine rings is 1. The van der Waals surface area contributed by atoms with Gasteiger partial charge in [0.15, 0.2) is 0 Å². The summed E-state index contributed by atoms with van der Waals surface area (Å²) in [5.41, 5.74) is 2.16. The molecular weight excluding hydrogens is 354 g/mol. The summed E-state index contributed by atoms with van der Waals surface area (Å²) in [6.07, 6.45) is 5.50. The minimum Gasteiger partial charge on any atom is -0.378 e. The highest BCUT2D eigenvalue weighted by molar-refractivity contribution is 5.79. The Kier molecular flexibility index (Phi) is 6.01. The normalized spacial score (nSPS) is 18.1. The SMILES string of the molecule is O=C(NCc1ccccc1)C1CCN(c2cnc(N3CCOCC3)nc2)CC1. The van der Waals surface area contributed by atoms with Crippen LogP contribution in [-0.2, 0) is 16.1 Å². The van der Waals surface area contributed by atoms with Gasteiger partial charge >= 0.3 is 0 Å². The molecule has 0 unspecified atom stereocenters. The number of nitrogens with zero attached hydrogens (tertiary/aromatic N) is 4. The van der Waals surface area contributed by atoms with Crippen LogP contribution in [-0.4, -0.2) is 55.3 Å². The van der Waals surface area contributed by atoms with Gasteiger partial charge in [-0.1, -0.05) is 30.3 Å². The second-order valence-electron chi connectivity index (χ2n) is 7.31. The Bertz CT molecular complexity index is 754. The molecule has 7 nitrogen and oxygen atoms in total. The number of carbonyl (C=O) groups excluding carboxylic acids is 1. The first kappa shape index (κ1) is 18.7. The maximum Gasteiger partial charge on any atom is 0.225 e. The number of benzene rings is 1. The van der Waals surface area contributed by atoms with Crippen molar-refractivity contribution in [3.8, 4) is 0 Å². The van der Waals surface area contributed by atoms with Crippen LogP contribution in [0.3, 0.4) is 0 Å². The molecule has 1 N–H and O–H groups in total. The average molecular weight is 381 g/mol. The molecule has 2 aliphatic rings. The van der Waals surface area contributed by atoms with E-state index in [0.29, 0.717) is 6.54 Å². The molecule has 0 radical (unpaired) electrons. The third kappa shape index (κ3) is 4.59. The lowest BCUT2D eigenvalue weighted by Gasteiger charge is -2.33. The van der Waals surface area contributed by atoms with Crippen LogP contribution in [0.1, 0.15) is 18.4 Å².